The summed E-state index contributed by atoms with van der Waals surface area (Å²) in [6.07, 6.45) is 10.0. The van der Waals surface area contributed by atoms with Crippen molar-refractivity contribution in [3.63, 3.8) is 0 Å². The summed E-state index contributed by atoms with van der Waals surface area (Å²) in [6, 6.07) is 60.3. The molecule has 0 saturated heterocycles. The van der Waals surface area contributed by atoms with E-state index in [1.807, 2.05) is 12.2 Å². The van der Waals surface area contributed by atoms with Crippen LogP contribution in [0.3, 0.4) is 0 Å². The summed E-state index contributed by atoms with van der Waals surface area (Å²) in [7, 11) is 0. The molecule has 9 aromatic rings. The summed E-state index contributed by atoms with van der Waals surface area (Å²) in [6.45, 7) is 18.4. The molecule has 0 heterocycles. The fourth-order valence-corrected chi connectivity index (χ4v) is 9.50. The SMILES string of the molecule is Cc1ccccc1-c1cc2[cH-]c3cc(-c4ccccc4C)c(C(C)(C)C)cc3c2cc1C(C)(C)C.[C-]1=CC=CC1.[Cl-].[Cl-].[Zr+2]=[C](c1ccc2ccccc2c1)c1ccc2ccccc2c1. The first-order valence-corrected chi connectivity index (χ1v) is 23.1. The molecule has 0 unspecified atom stereocenters. The van der Waals surface area contributed by atoms with Crippen molar-refractivity contribution >= 4 is 46.3 Å². The van der Waals surface area contributed by atoms with Gasteiger partial charge >= 0.3 is 145 Å². The van der Waals surface area contributed by atoms with E-state index in [2.05, 4.69) is 231 Å². The third kappa shape index (κ3) is 10.6. The standard InChI is InChI=1S/C35H37.C21H14.C5H5.2ClH.Zr/c1-22-13-9-11-15-26(22)30-18-24-17-25-19-31(27-16-12-10-14-23(27)2)33(35(6,7)8)21-29(25)28(24)20-32(30)34(3,4)5;1-3-7-20-14-16(9-11-18(20)5-1)13-17-10-12-19-6-2-4-8-21(19)15-17;1-2-4-5-3-1;;;/h9-21H,1-8H3;1-12,14-15H;1-3H,4H2;2*1H;/q-1;;-1;;;+2/p-2. The molecule has 0 radical (unpaired) electrons. The Kier molecular flexibility index (Phi) is 15.5. The summed E-state index contributed by atoms with van der Waals surface area (Å²) < 4.78 is 1.41. The van der Waals surface area contributed by atoms with Crippen LogP contribution < -0.4 is 24.8 Å². The second kappa shape index (κ2) is 20.4. The molecule has 320 valence electrons. The Labute approximate surface area is 408 Å². The van der Waals surface area contributed by atoms with Crippen LogP contribution in [0.1, 0.15) is 81.3 Å². The summed E-state index contributed by atoms with van der Waals surface area (Å²) in [5, 5.41) is 10.6. The summed E-state index contributed by atoms with van der Waals surface area (Å²) >= 11 is 1.44. The van der Waals surface area contributed by atoms with Gasteiger partial charge in [0.2, 0.25) is 0 Å². The average molecular weight is 951 g/mol. The molecule has 0 bridgehead atoms. The van der Waals surface area contributed by atoms with E-state index in [4.69, 9.17) is 0 Å². The Bertz CT molecular complexity index is 2950. The number of rotatable bonds is 4. The molecule has 0 spiro atoms. The fraction of sp³-hybridized carbons (Fsp3) is 0.180. The summed E-state index contributed by atoms with van der Waals surface area (Å²) in [4.78, 5) is 0. The van der Waals surface area contributed by atoms with Gasteiger partial charge in [0.15, 0.2) is 0 Å². The van der Waals surface area contributed by atoms with Gasteiger partial charge in [0.05, 0.1) is 0 Å². The first-order chi connectivity index (χ1) is 29.8. The van der Waals surface area contributed by atoms with Crippen LogP contribution in [0.2, 0.25) is 0 Å². The first kappa shape index (κ1) is 48.4. The predicted molar refractivity (Wildman–Crippen MR) is 267 cm³/mol. The van der Waals surface area contributed by atoms with Crippen molar-refractivity contribution in [1.29, 1.82) is 0 Å². The molecule has 1 aliphatic rings. The van der Waals surface area contributed by atoms with Crippen LogP contribution in [-0.2, 0) is 35.1 Å². The van der Waals surface area contributed by atoms with E-state index >= 15 is 0 Å². The van der Waals surface area contributed by atoms with Gasteiger partial charge in [-0.2, -0.15) is 6.08 Å². The molecular formula is C61H56Cl2Zr-2. The summed E-state index contributed by atoms with van der Waals surface area (Å²) in [5.74, 6) is 0. The Hall–Kier alpha value is -5.04. The van der Waals surface area contributed by atoms with Crippen LogP contribution in [-0.4, -0.2) is 3.21 Å². The van der Waals surface area contributed by atoms with Gasteiger partial charge in [-0.05, 0) is 69.2 Å². The van der Waals surface area contributed by atoms with Crippen molar-refractivity contribution in [3.8, 4) is 22.3 Å². The van der Waals surface area contributed by atoms with Crippen molar-refractivity contribution in [2.24, 2.45) is 0 Å². The van der Waals surface area contributed by atoms with Gasteiger partial charge in [-0.25, -0.2) is 12.2 Å². The van der Waals surface area contributed by atoms with Crippen molar-refractivity contribution in [1.82, 2.24) is 0 Å². The topological polar surface area (TPSA) is 0 Å². The van der Waals surface area contributed by atoms with Gasteiger partial charge in [0.1, 0.15) is 0 Å². The maximum atomic E-state index is 2.99. The third-order valence-corrected chi connectivity index (χ3v) is 13.5. The van der Waals surface area contributed by atoms with Crippen LogP contribution in [0, 0.1) is 19.9 Å². The van der Waals surface area contributed by atoms with E-state index in [-0.39, 0.29) is 35.6 Å². The third-order valence-electron chi connectivity index (χ3n) is 12.1. The predicted octanol–water partition coefficient (Wildman–Crippen LogP) is 10.7. The summed E-state index contributed by atoms with van der Waals surface area (Å²) in [5.41, 5.74) is 13.6. The molecule has 10 rings (SSSR count). The normalized spacial score (nSPS) is 12.0. The van der Waals surface area contributed by atoms with Gasteiger partial charge in [-0.3, -0.25) is 6.08 Å². The van der Waals surface area contributed by atoms with E-state index in [1.54, 1.807) is 0 Å². The number of hydrogen-bond donors (Lipinski definition) is 0. The number of hydrogen-bond acceptors (Lipinski definition) is 0. The Balaban J connectivity index is 0.000000200. The molecule has 0 fully saturated rings. The van der Waals surface area contributed by atoms with Gasteiger partial charge in [-0.15, -0.1) is 46.2 Å². The zero-order valence-electron chi connectivity index (χ0n) is 38.3. The van der Waals surface area contributed by atoms with Crippen LogP contribution in [0.25, 0.3) is 65.3 Å². The fourth-order valence-electron chi connectivity index (χ4n) is 8.74. The van der Waals surface area contributed by atoms with Crippen LogP contribution in [0.15, 0.2) is 182 Å². The molecule has 0 atom stereocenters. The first-order valence-electron chi connectivity index (χ1n) is 21.9. The molecule has 0 aliphatic heterocycles. The van der Waals surface area contributed by atoms with E-state index < -0.39 is 0 Å². The number of allylic oxidation sites excluding steroid dienone is 4. The molecule has 3 heteroatoms. The zero-order chi connectivity index (χ0) is 43.6. The second-order valence-corrected chi connectivity index (χ2v) is 20.0. The van der Waals surface area contributed by atoms with Crippen molar-refractivity contribution in [2.45, 2.75) is 72.6 Å². The van der Waals surface area contributed by atoms with Crippen molar-refractivity contribution in [3.05, 3.63) is 221 Å². The van der Waals surface area contributed by atoms with Crippen LogP contribution in [0.4, 0.5) is 0 Å². The molecule has 64 heavy (non-hydrogen) atoms. The Morgan fingerprint density at radius 2 is 0.891 bits per heavy atom. The van der Waals surface area contributed by atoms with E-state index in [0.717, 1.165) is 6.42 Å². The van der Waals surface area contributed by atoms with Gasteiger partial charge in [-0.1, -0.05) is 102 Å². The van der Waals surface area contributed by atoms with Gasteiger partial charge in [0, 0.05) is 0 Å². The number of benzene rings is 8. The molecule has 0 aromatic heterocycles. The second-order valence-electron chi connectivity index (χ2n) is 18.7. The molecule has 1 aliphatic carbocycles. The van der Waals surface area contributed by atoms with E-state index in [1.165, 1.54) is 126 Å². The quantitative estimate of drug-likeness (QED) is 0.154. The Morgan fingerprint density at radius 3 is 1.25 bits per heavy atom. The van der Waals surface area contributed by atoms with E-state index in [0.29, 0.717) is 0 Å². The minimum absolute atomic E-state index is 0. The molecule has 0 nitrogen and oxygen atoms in total. The Morgan fingerprint density at radius 1 is 0.484 bits per heavy atom. The molecule has 9 aromatic carbocycles. The zero-order valence-corrected chi connectivity index (χ0v) is 42.3. The van der Waals surface area contributed by atoms with Crippen molar-refractivity contribution < 1.29 is 49.0 Å². The van der Waals surface area contributed by atoms with Gasteiger partial charge in [0.25, 0.3) is 0 Å². The number of fused-ring (bicyclic) bond motifs is 5. The van der Waals surface area contributed by atoms with Crippen LogP contribution >= 0.6 is 0 Å². The number of aryl methyl sites for hydroxylation is 2. The molecular weight excluding hydrogens is 895 g/mol. The monoisotopic (exact) mass is 948 g/mol. The van der Waals surface area contributed by atoms with Gasteiger partial charge < -0.3 is 24.8 Å². The molecule has 0 N–H and O–H groups in total. The maximum absolute atomic E-state index is 2.99. The minimum atomic E-state index is 0. The molecule has 0 saturated carbocycles. The van der Waals surface area contributed by atoms with Crippen molar-refractivity contribution in [2.75, 3.05) is 0 Å². The molecule has 0 amide bonds. The van der Waals surface area contributed by atoms with Crippen LogP contribution in [0.5, 0.6) is 0 Å². The average Bonchev–Trinajstić information content (AvgIpc) is 3.97. The number of halogens is 2. The van der Waals surface area contributed by atoms with E-state index in [9.17, 15) is 0 Å².